The van der Waals surface area contributed by atoms with Crippen LogP contribution in [0.4, 0.5) is 24.9 Å². The molecule has 28 heteroatoms. The standard InChI is InChI=1S/C21H18N4O2S.C20H15ClN4OS.C20H15FN4OS.C20H17N5OS/c1-27-17-9-7-15(8-10-17)13-18-14-22-21(28-18)23-20(26)19-11-12-25(24-19)16-5-3-2-4-6-16;2*21-15-8-6-14(7-9-15)12-17-13-22-20(27-17)23-19(26)18-10-11-25(24-18)16-4-2-1-3-5-16;1-14-4-6-15(7-5-14)11-17-13-22-20(27-17)23-19(26)18-8-10-25(24-18)16-3-2-9-21-12-16/h2-12,14H,13H2,1H3,(H,22,23,26);2*1-11,13H,12H2,(H,22,23,26);2-10,12-13H,11H2,1H3,(H,22,23,26). The van der Waals surface area contributed by atoms with Crippen molar-refractivity contribution in [2.24, 2.45) is 0 Å². The number of pyridine rings is 1. The molecule has 0 saturated heterocycles. The van der Waals surface area contributed by atoms with Crippen LogP contribution in [0.2, 0.25) is 5.02 Å². The summed E-state index contributed by atoms with van der Waals surface area (Å²) in [6, 6.07) is 69.6. The topological polar surface area (TPSA) is 261 Å². The third-order valence-electron chi connectivity index (χ3n) is 16.0. The second-order valence-corrected chi connectivity index (χ2v) is 28.8. The predicted molar refractivity (Wildman–Crippen MR) is 426 cm³/mol. The van der Waals surface area contributed by atoms with Crippen LogP contribution in [-0.2, 0) is 25.7 Å². The summed E-state index contributed by atoms with van der Waals surface area (Å²) < 4.78 is 24.8. The van der Waals surface area contributed by atoms with Gasteiger partial charge in [-0.25, -0.2) is 43.1 Å². The number of ether oxygens (including phenoxy) is 1. The molecule has 0 unspecified atom stereocenters. The van der Waals surface area contributed by atoms with Crippen LogP contribution in [0.15, 0.2) is 286 Å². The van der Waals surface area contributed by atoms with E-state index in [1.807, 2.05) is 152 Å². The molecule has 9 aromatic heterocycles. The Labute approximate surface area is 645 Å². The first-order chi connectivity index (χ1) is 53.2. The van der Waals surface area contributed by atoms with E-state index in [1.54, 1.807) is 124 Å². The molecule has 542 valence electrons. The van der Waals surface area contributed by atoms with Gasteiger partial charge in [0.1, 0.15) is 11.6 Å². The molecule has 16 aromatic rings. The highest BCUT2D eigenvalue weighted by Crippen LogP contribution is 2.28. The third kappa shape index (κ3) is 21.1. The number of para-hydroxylation sites is 3. The number of amides is 4. The minimum atomic E-state index is -0.313. The molecule has 16 rings (SSSR count). The fourth-order valence-electron chi connectivity index (χ4n) is 10.5. The Morgan fingerprint density at radius 3 is 1.00 bits per heavy atom. The Kier molecular flexibility index (Phi) is 24.7. The first-order valence-electron chi connectivity index (χ1n) is 33.7. The zero-order valence-electron chi connectivity index (χ0n) is 58.2. The van der Waals surface area contributed by atoms with Crippen molar-refractivity contribution in [1.29, 1.82) is 0 Å². The van der Waals surface area contributed by atoms with Crippen LogP contribution in [0.25, 0.3) is 22.7 Å². The molecule has 109 heavy (non-hydrogen) atoms. The molecule has 0 aliphatic rings. The zero-order valence-corrected chi connectivity index (χ0v) is 62.2. The van der Waals surface area contributed by atoms with Gasteiger partial charge >= 0.3 is 0 Å². The molecule has 9 heterocycles. The van der Waals surface area contributed by atoms with Crippen LogP contribution in [0, 0.1) is 12.7 Å². The van der Waals surface area contributed by atoms with E-state index in [9.17, 15) is 23.6 Å². The molecular formula is C81H65ClFN17O5S4. The average Bonchev–Trinajstić information content (AvgIpc) is 1.72. The van der Waals surface area contributed by atoms with Crippen molar-refractivity contribution in [1.82, 2.24) is 64.0 Å². The van der Waals surface area contributed by atoms with Gasteiger partial charge in [0.05, 0.1) is 36.1 Å². The molecule has 7 aromatic carbocycles. The van der Waals surface area contributed by atoms with E-state index in [2.05, 4.69) is 97.8 Å². The van der Waals surface area contributed by atoms with Crippen LogP contribution in [0.3, 0.4) is 0 Å². The molecule has 0 spiro atoms. The number of halogens is 2. The van der Waals surface area contributed by atoms with Crippen molar-refractivity contribution in [3.05, 3.63) is 367 Å². The average molecular weight is 1540 g/mol. The van der Waals surface area contributed by atoms with Gasteiger partial charge in [-0.2, -0.15) is 20.4 Å². The number of thiazole rings is 4. The SMILES string of the molecule is COc1ccc(Cc2cnc(NC(=O)c3ccn(-c4ccccc4)n3)s2)cc1.Cc1ccc(Cc2cnc(NC(=O)c3ccn(-c4cccnc4)n3)s2)cc1.O=C(Nc1ncc(Cc2ccc(Cl)cc2)s1)c1ccn(-c2ccccc2)n1.O=C(Nc1ncc(Cc2ccc(F)cc2)s1)c1ccn(-c2ccccc2)n1. The van der Waals surface area contributed by atoms with E-state index in [0.29, 0.717) is 54.7 Å². The lowest BCUT2D eigenvalue weighted by molar-refractivity contribution is 0.101. The fraction of sp³-hybridized carbons (Fsp3) is 0.0741. The number of aryl methyl sites for hydroxylation is 1. The lowest BCUT2D eigenvalue weighted by atomic mass is 10.1. The lowest BCUT2D eigenvalue weighted by Crippen LogP contribution is -2.12. The largest absolute Gasteiger partial charge is 0.497 e. The van der Waals surface area contributed by atoms with E-state index in [-0.39, 0.29) is 29.4 Å². The number of anilines is 4. The van der Waals surface area contributed by atoms with E-state index in [0.717, 1.165) is 84.0 Å². The van der Waals surface area contributed by atoms with Crippen molar-refractivity contribution >= 4 is 101 Å². The van der Waals surface area contributed by atoms with Crippen LogP contribution in [0.5, 0.6) is 5.75 Å². The highest BCUT2D eigenvalue weighted by atomic mass is 35.5. The highest BCUT2D eigenvalue weighted by molar-refractivity contribution is 7.16. The quantitative estimate of drug-likeness (QED) is 0.0522. The second kappa shape index (κ2) is 36.3. The molecule has 4 N–H and O–H groups in total. The smallest absolute Gasteiger partial charge is 0.277 e. The summed E-state index contributed by atoms with van der Waals surface area (Å²) in [6.45, 7) is 2.07. The summed E-state index contributed by atoms with van der Waals surface area (Å²) in [4.78, 5) is 75.1. The van der Waals surface area contributed by atoms with Crippen molar-refractivity contribution < 1.29 is 28.3 Å². The highest BCUT2D eigenvalue weighted by Gasteiger charge is 2.18. The molecule has 0 bridgehead atoms. The van der Waals surface area contributed by atoms with Crippen LogP contribution in [-0.4, -0.2) is 94.8 Å². The number of hydrogen-bond donors (Lipinski definition) is 4. The van der Waals surface area contributed by atoms with Crippen molar-refractivity contribution in [2.75, 3.05) is 28.4 Å². The van der Waals surface area contributed by atoms with Gasteiger partial charge in [-0.3, -0.25) is 45.4 Å². The molecule has 0 atom stereocenters. The maximum Gasteiger partial charge on any atom is 0.277 e. The number of nitrogens with one attached hydrogen (secondary N) is 4. The van der Waals surface area contributed by atoms with E-state index < -0.39 is 0 Å². The molecule has 0 radical (unpaired) electrons. The number of carbonyl (C=O) groups is 4. The van der Waals surface area contributed by atoms with Crippen molar-refractivity contribution in [2.45, 2.75) is 32.6 Å². The normalized spacial score (nSPS) is 10.7. The maximum absolute atomic E-state index is 13.0. The van der Waals surface area contributed by atoms with E-state index in [4.69, 9.17) is 16.3 Å². The Hall–Kier alpha value is -13.1. The van der Waals surface area contributed by atoms with Gasteiger partial charge in [-0.1, -0.05) is 132 Å². The zero-order chi connectivity index (χ0) is 75.3. The first kappa shape index (κ1) is 74.2. The molecule has 0 fully saturated rings. The minimum Gasteiger partial charge on any atom is -0.497 e. The van der Waals surface area contributed by atoms with Gasteiger partial charge in [-0.05, 0) is 138 Å². The Morgan fingerprint density at radius 1 is 0.376 bits per heavy atom. The van der Waals surface area contributed by atoms with Gasteiger partial charge in [0.15, 0.2) is 43.3 Å². The lowest BCUT2D eigenvalue weighted by Gasteiger charge is -2.01. The first-order valence-corrected chi connectivity index (χ1v) is 37.4. The molecule has 4 amide bonds. The monoisotopic (exact) mass is 1540 g/mol. The second-order valence-electron chi connectivity index (χ2n) is 23.9. The minimum absolute atomic E-state index is 0.258. The number of nitrogens with zero attached hydrogens (tertiary/aromatic N) is 13. The summed E-state index contributed by atoms with van der Waals surface area (Å²) in [7, 11) is 1.65. The van der Waals surface area contributed by atoms with Crippen LogP contribution >= 0.6 is 56.9 Å². The number of hydrogen-bond acceptors (Lipinski definition) is 18. The number of methoxy groups -OCH3 is 1. The summed E-state index contributed by atoms with van der Waals surface area (Å²) in [6.07, 6.45) is 20.4. The van der Waals surface area contributed by atoms with Crippen LogP contribution < -0.4 is 26.0 Å². The molecule has 0 saturated carbocycles. The van der Waals surface area contributed by atoms with E-state index in [1.165, 1.54) is 68.6 Å². The predicted octanol–water partition coefficient (Wildman–Crippen LogP) is 17.2. The molecule has 0 aliphatic heterocycles. The fourth-order valence-corrected chi connectivity index (χ4v) is 14.0. The summed E-state index contributed by atoms with van der Waals surface area (Å²) in [5, 5.41) is 31.4. The summed E-state index contributed by atoms with van der Waals surface area (Å²) >= 11 is 11.7. The molecule has 0 aliphatic carbocycles. The summed E-state index contributed by atoms with van der Waals surface area (Å²) in [5.41, 5.74) is 10.5. The van der Waals surface area contributed by atoms with Gasteiger partial charge in [0, 0.05) is 106 Å². The Balaban J connectivity index is 0.000000128. The molecule has 22 nitrogen and oxygen atoms in total. The van der Waals surface area contributed by atoms with E-state index >= 15 is 0 Å². The van der Waals surface area contributed by atoms with Crippen molar-refractivity contribution in [3.8, 4) is 28.5 Å². The number of carbonyl (C=O) groups excluding carboxylic acids is 4. The van der Waals surface area contributed by atoms with Crippen molar-refractivity contribution in [3.63, 3.8) is 0 Å². The Bertz CT molecular complexity index is 5220. The van der Waals surface area contributed by atoms with Crippen LogP contribution in [0.1, 0.15) is 89.3 Å². The summed E-state index contributed by atoms with van der Waals surface area (Å²) in [5.74, 6) is -0.583. The maximum atomic E-state index is 13.0. The number of rotatable bonds is 21. The van der Waals surface area contributed by atoms with Gasteiger partial charge in [-0.15, -0.1) is 45.3 Å². The molecular weight excluding hydrogens is 1470 g/mol. The number of benzene rings is 7. The van der Waals surface area contributed by atoms with Gasteiger partial charge < -0.3 is 4.74 Å². The Morgan fingerprint density at radius 2 is 0.679 bits per heavy atom. The van der Waals surface area contributed by atoms with Gasteiger partial charge in [0.2, 0.25) is 0 Å². The van der Waals surface area contributed by atoms with Gasteiger partial charge in [0.25, 0.3) is 23.6 Å². The number of aromatic nitrogens is 13. The third-order valence-corrected chi connectivity index (χ3v) is 19.9.